The van der Waals surface area contributed by atoms with Gasteiger partial charge in [-0.3, -0.25) is 19.0 Å². The molecule has 1 aliphatic rings. The maximum atomic E-state index is 12.7. The zero-order chi connectivity index (χ0) is 21.8. The number of nitrogens with one attached hydrogen (secondary N) is 1. The number of amides is 1. The zero-order valence-electron chi connectivity index (χ0n) is 17.3. The minimum absolute atomic E-state index is 0.0547. The second-order valence-corrected chi connectivity index (χ2v) is 7.40. The smallest absolute Gasteiger partial charge is 0.273 e. The van der Waals surface area contributed by atoms with Crippen LogP contribution in [0.4, 0.5) is 5.82 Å². The summed E-state index contributed by atoms with van der Waals surface area (Å²) >= 11 is 0. The topological polar surface area (TPSA) is 87.6 Å². The quantitative estimate of drug-likeness (QED) is 0.680. The first-order valence-electron chi connectivity index (χ1n) is 10.1. The monoisotopic (exact) mass is 420 g/mol. The molecule has 0 saturated carbocycles. The molecular weight excluding hydrogens is 396 g/mol. The van der Waals surface area contributed by atoms with Crippen molar-refractivity contribution in [1.29, 1.82) is 0 Å². The van der Waals surface area contributed by atoms with Gasteiger partial charge >= 0.3 is 0 Å². The Labute approximate surface area is 179 Å². The number of anilines is 1. The van der Waals surface area contributed by atoms with Gasteiger partial charge < -0.3 is 19.5 Å². The first-order chi connectivity index (χ1) is 15.0. The van der Waals surface area contributed by atoms with E-state index in [1.54, 1.807) is 36.2 Å². The van der Waals surface area contributed by atoms with Crippen molar-refractivity contribution in [2.24, 2.45) is 0 Å². The van der Waals surface area contributed by atoms with Gasteiger partial charge in [0.1, 0.15) is 23.9 Å². The minimum atomic E-state index is -0.355. The Balaban J connectivity index is 1.47. The molecule has 3 heterocycles. The molecule has 0 radical (unpaired) electrons. The van der Waals surface area contributed by atoms with Gasteiger partial charge in [-0.1, -0.05) is 30.3 Å². The van der Waals surface area contributed by atoms with Crippen LogP contribution in [0.5, 0.6) is 5.75 Å². The number of rotatable bonds is 5. The summed E-state index contributed by atoms with van der Waals surface area (Å²) in [6.07, 6.45) is 1.54. The van der Waals surface area contributed by atoms with Crippen molar-refractivity contribution in [3.8, 4) is 11.4 Å². The lowest BCUT2D eigenvalue weighted by molar-refractivity contribution is -0.129. The summed E-state index contributed by atoms with van der Waals surface area (Å²) in [6.45, 7) is 4.43. The number of benzene rings is 1. The van der Waals surface area contributed by atoms with E-state index in [4.69, 9.17) is 4.74 Å². The van der Waals surface area contributed by atoms with Gasteiger partial charge in [-0.2, -0.15) is 0 Å². The van der Waals surface area contributed by atoms with E-state index in [-0.39, 0.29) is 22.7 Å². The van der Waals surface area contributed by atoms with E-state index in [2.05, 4.69) is 4.98 Å². The average Bonchev–Trinajstić information content (AvgIpc) is 2.79. The Morgan fingerprint density at radius 3 is 2.39 bits per heavy atom. The predicted molar refractivity (Wildman–Crippen MR) is 118 cm³/mol. The van der Waals surface area contributed by atoms with Crippen molar-refractivity contribution in [1.82, 2.24) is 14.5 Å². The van der Waals surface area contributed by atoms with E-state index in [9.17, 15) is 14.4 Å². The van der Waals surface area contributed by atoms with Gasteiger partial charge in [-0.15, -0.1) is 0 Å². The standard InChI is InChI=1S/C23H24N4O4/c1-17(28)25-11-13-26(14-12-25)21-8-7-20(23(30)24-21)27-10-9-19(15-22(27)29)31-16-18-5-3-2-4-6-18/h2-10,15H,11-14,16H2,1H3,(H,24,30). The molecule has 0 aliphatic carbocycles. The van der Waals surface area contributed by atoms with Crippen molar-refractivity contribution in [2.75, 3.05) is 31.1 Å². The maximum Gasteiger partial charge on any atom is 0.273 e. The highest BCUT2D eigenvalue weighted by molar-refractivity contribution is 5.73. The number of carbonyl (C=O) groups is 1. The second-order valence-electron chi connectivity index (χ2n) is 7.40. The molecule has 160 valence electrons. The fourth-order valence-corrected chi connectivity index (χ4v) is 3.58. The molecule has 1 N–H and O–H groups in total. The van der Waals surface area contributed by atoms with Crippen LogP contribution in [0.15, 0.2) is 70.4 Å². The summed E-state index contributed by atoms with van der Waals surface area (Å²) in [5, 5.41) is 0. The minimum Gasteiger partial charge on any atom is -0.489 e. The molecule has 1 aromatic carbocycles. The first-order valence-corrected chi connectivity index (χ1v) is 10.1. The molecule has 0 bridgehead atoms. The van der Waals surface area contributed by atoms with Gasteiger partial charge in [0.25, 0.3) is 11.1 Å². The Bertz CT molecular complexity index is 1180. The molecule has 3 aromatic rings. The van der Waals surface area contributed by atoms with E-state index in [0.29, 0.717) is 44.4 Å². The molecule has 8 heteroatoms. The molecule has 1 saturated heterocycles. The SMILES string of the molecule is CC(=O)N1CCN(c2ccc(-n3ccc(OCc4ccccc4)cc3=O)c(=O)[nH]2)CC1. The van der Waals surface area contributed by atoms with E-state index in [1.807, 2.05) is 35.2 Å². The van der Waals surface area contributed by atoms with Crippen molar-refractivity contribution in [3.63, 3.8) is 0 Å². The van der Waals surface area contributed by atoms with E-state index < -0.39 is 0 Å². The third-order valence-corrected chi connectivity index (χ3v) is 5.34. The number of aromatic nitrogens is 2. The zero-order valence-corrected chi connectivity index (χ0v) is 17.3. The molecule has 0 atom stereocenters. The Kier molecular flexibility index (Phi) is 5.88. The number of hydrogen-bond donors (Lipinski definition) is 1. The molecule has 1 amide bonds. The van der Waals surface area contributed by atoms with Crippen LogP contribution in [0, 0.1) is 0 Å². The van der Waals surface area contributed by atoms with Gasteiger partial charge in [-0.25, -0.2) is 0 Å². The summed E-state index contributed by atoms with van der Waals surface area (Å²) in [4.78, 5) is 43.4. The highest BCUT2D eigenvalue weighted by atomic mass is 16.5. The van der Waals surface area contributed by atoms with Crippen LogP contribution in [0.1, 0.15) is 12.5 Å². The van der Waals surface area contributed by atoms with Gasteiger partial charge in [0, 0.05) is 45.4 Å². The second kappa shape index (κ2) is 8.91. The number of hydrogen-bond acceptors (Lipinski definition) is 5. The molecule has 31 heavy (non-hydrogen) atoms. The van der Waals surface area contributed by atoms with Crippen LogP contribution in [0.25, 0.3) is 5.69 Å². The maximum absolute atomic E-state index is 12.7. The van der Waals surface area contributed by atoms with Crippen LogP contribution < -0.4 is 20.8 Å². The molecule has 0 unspecified atom stereocenters. The fraction of sp³-hybridized carbons (Fsp3) is 0.261. The van der Waals surface area contributed by atoms with Gasteiger partial charge in [0.15, 0.2) is 0 Å². The number of H-pyrrole nitrogens is 1. The third kappa shape index (κ3) is 4.69. The lowest BCUT2D eigenvalue weighted by atomic mass is 10.2. The molecule has 0 spiro atoms. The predicted octanol–water partition coefficient (Wildman–Crippen LogP) is 1.77. The molecule has 1 aliphatic heterocycles. The van der Waals surface area contributed by atoms with Crippen LogP contribution in [0.3, 0.4) is 0 Å². The van der Waals surface area contributed by atoms with Crippen molar-refractivity contribution >= 4 is 11.7 Å². The Morgan fingerprint density at radius 1 is 1.00 bits per heavy atom. The summed E-state index contributed by atoms with van der Waals surface area (Å²) < 4.78 is 6.98. The van der Waals surface area contributed by atoms with Crippen LogP contribution in [-0.2, 0) is 11.4 Å². The average molecular weight is 420 g/mol. The van der Waals surface area contributed by atoms with Crippen molar-refractivity contribution in [2.45, 2.75) is 13.5 Å². The molecule has 4 rings (SSSR count). The number of carbonyl (C=O) groups excluding carboxylic acids is 1. The van der Waals surface area contributed by atoms with E-state index in [1.165, 1.54) is 10.6 Å². The summed E-state index contributed by atoms with van der Waals surface area (Å²) in [5.41, 5.74) is 0.541. The lowest BCUT2D eigenvalue weighted by Crippen LogP contribution is -2.48. The number of ether oxygens (including phenoxy) is 1. The number of piperazine rings is 1. The Morgan fingerprint density at radius 2 is 1.74 bits per heavy atom. The van der Waals surface area contributed by atoms with Gasteiger partial charge in [-0.05, 0) is 23.8 Å². The van der Waals surface area contributed by atoms with E-state index >= 15 is 0 Å². The number of nitrogens with zero attached hydrogens (tertiary/aromatic N) is 3. The normalized spacial score (nSPS) is 13.8. The summed E-state index contributed by atoms with van der Waals surface area (Å²) in [7, 11) is 0. The molecule has 1 fully saturated rings. The van der Waals surface area contributed by atoms with Gasteiger partial charge in [0.05, 0.1) is 0 Å². The number of aromatic amines is 1. The van der Waals surface area contributed by atoms with Crippen LogP contribution in [0.2, 0.25) is 0 Å². The van der Waals surface area contributed by atoms with Gasteiger partial charge in [0.2, 0.25) is 5.91 Å². The fourth-order valence-electron chi connectivity index (χ4n) is 3.58. The highest BCUT2D eigenvalue weighted by Gasteiger charge is 2.19. The molecule has 8 nitrogen and oxygen atoms in total. The largest absolute Gasteiger partial charge is 0.489 e. The lowest BCUT2D eigenvalue weighted by Gasteiger charge is -2.35. The highest BCUT2D eigenvalue weighted by Crippen LogP contribution is 2.15. The van der Waals surface area contributed by atoms with E-state index in [0.717, 1.165) is 5.56 Å². The summed E-state index contributed by atoms with van der Waals surface area (Å²) in [5.74, 6) is 1.17. The van der Waals surface area contributed by atoms with Crippen molar-refractivity contribution in [3.05, 3.63) is 87.1 Å². The summed E-state index contributed by atoms with van der Waals surface area (Å²) in [6, 6.07) is 16.1. The third-order valence-electron chi connectivity index (χ3n) is 5.34. The first kappa shape index (κ1) is 20.5. The number of pyridine rings is 2. The van der Waals surface area contributed by atoms with Crippen LogP contribution in [-0.4, -0.2) is 46.5 Å². The van der Waals surface area contributed by atoms with Crippen molar-refractivity contribution < 1.29 is 9.53 Å². The molecule has 2 aromatic heterocycles. The Hall–Kier alpha value is -3.81. The van der Waals surface area contributed by atoms with Crippen LogP contribution >= 0.6 is 0 Å². The molecular formula is C23H24N4O4.